The number of allylic oxidation sites excluding steroid dienone is 1. The Bertz CT molecular complexity index is 991. The van der Waals surface area contributed by atoms with Crippen molar-refractivity contribution in [3.8, 4) is 17.3 Å². The van der Waals surface area contributed by atoms with Crippen LogP contribution in [0.15, 0.2) is 54.6 Å². The Balaban J connectivity index is 1.87. The zero-order valence-electron chi connectivity index (χ0n) is 14.3. The molecule has 0 atom stereocenters. The number of nitrogens with zero attached hydrogens (tertiary/aromatic N) is 3. The summed E-state index contributed by atoms with van der Waals surface area (Å²) in [6.07, 6.45) is 1.62. The van der Waals surface area contributed by atoms with Crippen LogP contribution in [0.25, 0.3) is 17.0 Å². The summed E-state index contributed by atoms with van der Waals surface area (Å²) in [5.41, 5.74) is 2.97. The van der Waals surface area contributed by atoms with Gasteiger partial charge in [-0.1, -0.05) is 24.3 Å². The van der Waals surface area contributed by atoms with Crippen LogP contribution in [0.3, 0.4) is 0 Å². The maximum absolute atomic E-state index is 14.0. The van der Waals surface area contributed by atoms with Gasteiger partial charge in [0.25, 0.3) is 0 Å². The number of halogens is 2. The van der Waals surface area contributed by atoms with Crippen molar-refractivity contribution >= 4 is 11.4 Å². The summed E-state index contributed by atoms with van der Waals surface area (Å²) in [6, 6.07) is 14.8. The third-order valence-electron chi connectivity index (χ3n) is 3.97. The molecule has 0 saturated carbocycles. The number of nitriles is 1. The molecular weight excluding hydrogens is 334 g/mol. The van der Waals surface area contributed by atoms with Crippen molar-refractivity contribution in [2.45, 2.75) is 6.92 Å². The zero-order valence-corrected chi connectivity index (χ0v) is 14.3. The standard InChI is InChI=1S/C20H16F2N4/c1-3-18(20-16(21)5-4-6-17(20)22)24-14-9-7-13(8-10-14)19-11-15(12-23)25-26(19)2/h3-11,24H,1-2H3. The molecule has 3 aromatic rings. The summed E-state index contributed by atoms with van der Waals surface area (Å²) in [6.45, 7) is 1.71. The number of aromatic nitrogens is 2. The molecule has 130 valence electrons. The van der Waals surface area contributed by atoms with Gasteiger partial charge < -0.3 is 5.32 Å². The first-order valence-corrected chi connectivity index (χ1v) is 7.95. The fourth-order valence-electron chi connectivity index (χ4n) is 2.71. The molecule has 0 bridgehead atoms. The highest BCUT2D eigenvalue weighted by atomic mass is 19.1. The van der Waals surface area contributed by atoms with Crippen LogP contribution in [-0.4, -0.2) is 9.78 Å². The second kappa shape index (κ2) is 7.19. The van der Waals surface area contributed by atoms with Gasteiger partial charge in [0.1, 0.15) is 17.7 Å². The molecule has 0 spiro atoms. The minimum absolute atomic E-state index is 0.0932. The van der Waals surface area contributed by atoms with Crippen LogP contribution in [0, 0.1) is 23.0 Å². The Morgan fingerprint density at radius 1 is 1.15 bits per heavy atom. The Labute approximate surface area is 150 Å². The molecule has 0 amide bonds. The average Bonchev–Trinajstić information content (AvgIpc) is 3.02. The number of benzene rings is 2. The summed E-state index contributed by atoms with van der Waals surface area (Å²) in [5.74, 6) is -1.25. The molecule has 0 aliphatic heterocycles. The van der Waals surface area contributed by atoms with Crippen LogP contribution in [0.4, 0.5) is 14.5 Å². The molecule has 0 aliphatic carbocycles. The first-order valence-electron chi connectivity index (χ1n) is 7.95. The van der Waals surface area contributed by atoms with Gasteiger partial charge in [0.15, 0.2) is 5.69 Å². The van der Waals surface area contributed by atoms with Gasteiger partial charge in [-0.2, -0.15) is 10.4 Å². The number of aryl methyl sites for hydroxylation is 1. The maximum Gasteiger partial charge on any atom is 0.163 e. The van der Waals surface area contributed by atoms with Crippen LogP contribution >= 0.6 is 0 Å². The SMILES string of the molecule is CC=C(Nc1ccc(-c2cc(C#N)nn2C)cc1)c1c(F)cccc1F. The summed E-state index contributed by atoms with van der Waals surface area (Å²) in [7, 11) is 1.77. The summed E-state index contributed by atoms with van der Waals surface area (Å²) in [4.78, 5) is 0. The Kier molecular flexibility index (Phi) is 4.81. The zero-order chi connectivity index (χ0) is 18.7. The highest BCUT2D eigenvalue weighted by Crippen LogP contribution is 2.26. The third-order valence-corrected chi connectivity index (χ3v) is 3.97. The lowest BCUT2D eigenvalue weighted by atomic mass is 10.1. The fraction of sp³-hybridized carbons (Fsp3) is 0.100. The van der Waals surface area contributed by atoms with E-state index in [9.17, 15) is 8.78 Å². The molecule has 0 radical (unpaired) electrons. The first kappa shape index (κ1) is 17.4. The van der Waals surface area contributed by atoms with E-state index in [0.29, 0.717) is 17.1 Å². The van der Waals surface area contributed by atoms with Crippen molar-refractivity contribution in [2.75, 3.05) is 5.32 Å². The monoisotopic (exact) mass is 350 g/mol. The predicted molar refractivity (Wildman–Crippen MR) is 97.0 cm³/mol. The highest BCUT2D eigenvalue weighted by molar-refractivity contribution is 5.78. The van der Waals surface area contributed by atoms with E-state index in [0.717, 1.165) is 11.3 Å². The Morgan fingerprint density at radius 2 is 1.81 bits per heavy atom. The first-order chi connectivity index (χ1) is 12.5. The molecule has 6 heteroatoms. The van der Waals surface area contributed by atoms with Crippen molar-refractivity contribution < 1.29 is 8.78 Å². The molecule has 0 unspecified atom stereocenters. The van der Waals surface area contributed by atoms with E-state index in [1.807, 2.05) is 18.2 Å². The average molecular weight is 350 g/mol. The van der Waals surface area contributed by atoms with E-state index in [4.69, 9.17) is 5.26 Å². The van der Waals surface area contributed by atoms with Gasteiger partial charge >= 0.3 is 0 Å². The van der Waals surface area contributed by atoms with E-state index in [-0.39, 0.29) is 5.56 Å². The second-order valence-corrected chi connectivity index (χ2v) is 5.65. The fourth-order valence-corrected chi connectivity index (χ4v) is 2.71. The van der Waals surface area contributed by atoms with Gasteiger partial charge in [0.05, 0.1) is 11.3 Å². The van der Waals surface area contributed by atoms with Crippen molar-refractivity contribution in [3.05, 3.63) is 77.5 Å². The second-order valence-electron chi connectivity index (χ2n) is 5.65. The van der Waals surface area contributed by atoms with Crippen molar-refractivity contribution in [3.63, 3.8) is 0 Å². The molecule has 26 heavy (non-hydrogen) atoms. The van der Waals surface area contributed by atoms with E-state index < -0.39 is 11.6 Å². The smallest absolute Gasteiger partial charge is 0.163 e. The molecule has 3 rings (SSSR count). The Hall–Kier alpha value is -3.46. The summed E-state index contributed by atoms with van der Waals surface area (Å²) in [5, 5.41) is 16.1. The molecule has 0 aliphatic rings. The lowest BCUT2D eigenvalue weighted by Crippen LogP contribution is -2.03. The van der Waals surface area contributed by atoms with Gasteiger partial charge in [-0.3, -0.25) is 4.68 Å². The predicted octanol–water partition coefficient (Wildman–Crippen LogP) is 4.71. The molecule has 1 aromatic heterocycles. The third kappa shape index (κ3) is 3.33. The van der Waals surface area contributed by atoms with Crippen LogP contribution in [-0.2, 0) is 7.05 Å². The minimum Gasteiger partial charge on any atom is -0.355 e. The van der Waals surface area contributed by atoms with Crippen LogP contribution < -0.4 is 5.32 Å². The number of nitrogens with one attached hydrogen (secondary N) is 1. The minimum atomic E-state index is -0.624. The van der Waals surface area contributed by atoms with Crippen LogP contribution in [0.1, 0.15) is 18.2 Å². The Morgan fingerprint density at radius 3 is 2.35 bits per heavy atom. The normalized spacial score (nSPS) is 11.3. The van der Waals surface area contributed by atoms with Gasteiger partial charge in [0, 0.05) is 24.5 Å². The lowest BCUT2D eigenvalue weighted by molar-refractivity contribution is 0.577. The highest BCUT2D eigenvalue weighted by Gasteiger charge is 2.13. The van der Waals surface area contributed by atoms with E-state index in [1.54, 1.807) is 42.9 Å². The molecular formula is C20H16F2N4. The lowest BCUT2D eigenvalue weighted by Gasteiger charge is -2.13. The van der Waals surface area contributed by atoms with Gasteiger partial charge in [-0.15, -0.1) is 0 Å². The van der Waals surface area contributed by atoms with Crippen molar-refractivity contribution in [1.29, 1.82) is 5.26 Å². The van der Waals surface area contributed by atoms with Crippen molar-refractivity contribution in [2.24, 2.45) is 7.05 Å². The molecule has 0 saturated heterocycles. The number of anilines is 1. The van der Waals surface area contributed by atoms with Gasteiger partial charge in [0.2, 0.25) is 0 Å². The topological polar surface area (TPSA) is 53.6 Å². The molecule has 1 heterocycles. The van der Waals surface area contributed by atoms with Gasteiger partial charge in [-0.05, 0) is 36.8 Å². The quantitative estimate of drug-likeness (QED) is 0.741. The van der Waals surface area contributed by atoms with E-state index >= 15 is 0 Å². The maximum atomic E-state index is 14.0. The molecule has 0 fully saturated rings. The number of hydrogen-bond acceptors (Lipinski definition) is 3. The summed E-state index contributed by atoms with van der Waals surface area (Å²) >= 11 is 0. The van der Waals surface area contributed by atoms with Crippen LogP contribution in [0.2, 0.25) is 0 Å². The molecule has 4 nitrogen and oxygen atoms in total. The number of rotatable bonds is 4. The number of hydrogen-bond donors (Lipinski definition) is 1. The van der Waals surface area contributed by atoms with Crippen molar-refractivity contribution in [1.82, 2.24) is 9.78 Å². The molecule has 1 N–H and O–H groups in total. The summed E-state index contributed by atoms with van der Waals surface area (Å²) < 4.78 is 29.6. The largest absolute Gasteiger partial charge is 0.355 e. The van der Waals surface area contributed by atoms with E-state index in [1.165, 1.54) is 18.2 Å². The van der Waals surface area contributed by atoms with E-state index in [2.05, 4.69) is 10.4 Å². The molecule has 2 aromatic carbocycles. The van der Waals surface area contributed by atoms with Crippen LogP contribution in [0.5, 0.6) is 0 Å². The van der Waals surface area contributed by atoms with Gasteiger partial charge in [-0.25, -0.2) is 8.78 Å².